The third-order valence-corrected chi connectivity index (χ3v) is 5.42. The number of carbonyl (C=O) groups is 3. The van der Waals surface area contributed by atoms with E-state index in [1.54, 1.807) is 24.3 Å². The van der Waals surface area contributed by atoms with Crippen LogP contribution in [0.4, 0.5) is 15.3 Å². The summed E-state index contributed by atoms with van der Waals surface area (Å²) >= 11 is 0. The van der Waals surface area contributed by atoms with Crippen LogP contribution in [-0.4, -0.2) is 83.5 Å². The zero-order valence-electron chi connectivity index (χ0n) is 15.8. The zero-order chi connectivity index (χ0) is 19.4. The maximum absolute atomic E-state index is 12.5. The lowest BCUT2D eigenvalue weighted by molar-refractivity contribution is -0.134. The van der Waals surface area contributed by atoms with Crippen LogP contribution in [0.25, 0.3) is 0 Å². The quantitative estimate of drug-likeness (QED) is 0.591. The van der Waals surface area contributed by atoms with Gasteiger partial charge in [0, 0.05) is 52.7 Å². The third-order valence-electron chi connectivity index (χ3n) is 5.42. The van der Waals surface area contributed by atoms with Gasteiger partial charge < -0.3 is 20.4 Å². The normalized spacial score (nSPS) is 19.0. The number of nitrogens with one attached hydrogen (secondary N) is 2. The molecule has 0 aliphatic carbocycles. The van der Waals surface area contributed by atoms with Gasteiger partial charge in [-0.3, -0.25) is 14.7 Å². The third kappa shape index (κ3) is 3.67. The first-order chi connectivity index (χ1) is 13.0. The summed E-state index contributed by atoms with van der Waals surface area (Å²) in [4.78, 5) is 45.3. The molecule has 146 valence electrons. The first-order valence-corrected chi connectivity index (χ1v) is 9.18. The number of amides is 5. The molecular formula is C18H26N6O3. The van der Waals surface area contributed by atoms with Crippen LogP contribution in [0, 0.1) is 0 Å². The van der Waals surface area contributed by atoms with Gasteiger partial charge in [-0.05, 0) is 31.4 Å². The fourth-order valence-corrected chi connectivity index (χ4v) is 3.68. The summed E-state index contributed by atoms with van der Waals surface area (Å²) in [5.74, 6) is -0.170. The second kappa shape index (κ2) is 7.81. The van der Waals surface area contributed by atoms with E-state index < -0.39 is 5.54 Å². The van der Waals surface area contributed by atoms with Gasteiger partial charge in [0.05, 0.1) is 5.69 Å². The molecule has 0 radical (unpaired) electrons. The van der Waals surface area contributed by atoms with Gasteiger partial charge in [-0.25, -0.2) is 9.59 Å². The molecule has 2 saturated heterocycles. The summed E-state index contributed by atoms with van der Waals surface area (Å²) in [6.45, 7) is 2.21. The van der Waals surface area contributed by atoms with Gasteiger partial charge in [-0.2, -0.15) is 0 Å². The van der Waals surface area contributed by atoms with Crippen molar-refractivity contribution in [3.05, 3.63) is 24.5 Å². The SMILES string of the molecule is CN1C(=O)N(C)C2(CCN(C(=O)NCCCNc3cccnc3)CC2)C1=O. The molecule has 3 heterocycles. The predicted molar refractivity (Wildman–Crippen MR) is 100 cm³/mol. The molecule has 2 fully saturated rings. The van der Waals surface area contributed by atoms with E-state index in [9.17, 15) is 14.4 Å². The van der Waals surface area contributed by atoms with E-state index in [1.165, 1.54) is 16.8 Å². The Labute approximate surface area is 158 Å². The van der Waals surface area contributed by atoms with Gasteiger partial charge >= 0.3 is 12.1 Å². The number of nitrogens with zero attached hydrogens (tertiary/aromatic N) is 4. The van der Waals surface area contributed by atoms with Crippen molar-refractivity contribution in [2.45, 2.75) is 24.8 Å². The van der Waals surface area contributed by atoms with E-state index in [0.717, 1.165) is 18.7 Å². The van der Waals surface area contributed by atoms with Crippen LogP contribution in [0.1, 0.15) is 19.3 Å². The van der Waals surface area contributed by atoms with E-state index in [1.807, 2.05) is 12.1 Å². The fourth-order valence-electron chi connectivity index (χ4n) is 3.68. The highest BCUT2D eigenvalue weighted by atomic mass is 16.2. The molecule has 9 heteroatoms. The van der Waals surface area contributed by atoms with E-state index >= 15 is 0 Å². The Morgan fingerprint density at radius 2 is 1.96 bits per heavy atom. The van der Waals surface area contributed by atoms with Gasteiger partial charge in [0.2, 0.25) is 0 Å². The number of likely N-dealkylation sites (tertiary alicyclic amines) is 1. The Morgan fingerprint density at radius 1 is 1.22 bits per heavy atom. The fraction of sp³-hybridized carbons (Fsp3) is 0.556. The van der Waals surface area contributed by atoms with E-state index in [2.05, 4.69) is 15.6 Å². The standard InChI is InChI=1S/C18H26N6O3/c1-22-15(25)18(23(2)17(22)27)6-11-24(12-7-18)16(26)21-10-4-9-20-14-5-3-8-19-13-14/h3,5,8,13,20H,4,6-7,9-12H2,1-2H3,(H,21,26). The number of rotatable bonds is 5. The summed E-state index contributed by atoms with van der Waals surface area (Å²) in [6.07, 6.45) is 5.20. The molecule has 0 saturated carbocycles. The molecule has 0 bridgehead atoms. The molecule has 2 N–H and O–H groups in total. The van der Waals surface area contributed by atoms with Crippen molar-refractivity contribution in [2.24, 2.45) is 0 Å². The molecule has 1 aromatic rings. The molecule has 27 heavy (non-hydrogen) atoms. The predicted octanol–water partition coefficient (Wildman–Crippen LogP) is 0.952. The molecule has 0 atom stereocenters. The number of urea groups is 2. The lowest BCUT2D eigenvalue weighted by Gasteiger charge is -2.40. The first-order valence-electron chi connectivity index (χ1n) is 9.18. The van der Waals surface area contributed by atoms with Crippen LogP contribution in [0.5, 0.6) is 0 Å². The molecule has 0 unspecified atom stereocenters. The second-order valence-electron chi connectivity index (χ2n) is 6.98. The van der Waals surface area contributed by atoms with Crippen molar-refractivity contribution in [3.63, 3.8) is 0 Å². The number of pyridine rings is 1. The van der Waals surface area contributed by atoms with Crippen molar-refractivity contribution in [3.8, 4) is 0 Å². The van der Waals surface area contributed by atoms with Crippen LogP contribution in [-0.2, 0) is 4.79 Å². The highest BCUT2D eigenvalue weighted by molar-refractivity contribution is 6.06. The van der Waals surface area contributed by atoms with Crippen LogP contribution in [0.2, 0.25) is 0 Å². The van der Waals surface area contributed by atoms with Crippen LogP contribution >= 0.6 is 0 Å². The minimum atomic E-state index is -0.795. The average molecular weight is 374 g/mol. The molecule has 2 aliphatic rings. The molecule has 2 aliphatic heterocycles. The molecule has 9 nitrogen and oxygen atoms in total. The van der Waals surface area contributed by atoms with E-state index in [-0.39, 0.29) is 18.0 Å². The average Bonchev–Trinajstić information content (AvgIpc) is 2.85. The first kappa shape index (κ1) is 18.9. The minimum Gasteiger partial charge on any atom is -0.384 e. The molecule has 1 aromatic heterocycles. The highest BCUT2D eigenvalue weighted by Crippen LogP contribution is 2.35. The Bertz CT molecular complexity index is 702. The summed E-state index contributed by atoms with van der Waals surface area (Å²) in [6, 6.07) is 3.40. The number of carbonyl (C=O) groups excluding carboxylic acids is 3. The summed E-state index contributed by atoms with van der Waals surface area (Å²) < 4.78 is 0. The topological polar surface area (TPSA) is 97.9 Å². The number of likely N-dealkylation sites (N-methyl/N-ethyl adjacent to an activating group) is 2. The monoisotopic (exact) mass is 374 g/mol. The lowest BCUT2D eigenvalue weighted by Crippen LogP contribution is -2.57. The molecule has 3 rings (SSSR count). The number of hydrogen-bond acceptors (Lipinski definition) is 5. The number of imide groups is 1. The van der Waals surface area contributed by atoms with Crippen LogP contribution < -0.4 is 10.6 Å². The number of hydrogen-bond donors (Lipinski definition) is 2. The minimum absolute atomic E-state index is 0.126. The number of anilines is 1. The van der Waals surface area contributed by atoms with Crippen LogP contribution in [0.15, 0.2) is 24.5 Å². The Morgan fingerprint density at radius 3 is 2.56 bits per heavy atom. The molecule has 0 aromatic carbocycles. The van der Waals surface area contributed by atoms with Crippen molar-refractivity contribution in [1.82, 2.24) is 25.0 Å². The van der Waals surface area contributed by atoms with Crippen molar-refractivity contribution in [2.75, 3.05) is 45.6 Å². The van der Waals surface area contributed by atoms with Gasteiger partial charge in [0.15, 0.2) is 0 Å². The van der Waals surface area contributed by atoms with Gasteiger partial charge in [-0.1, -0.05) is 0 Å². The largest absolute Gasteiger partial charge is 0.384 e. The van der Waals surface area contributed by atoms with Crippen LogP contribution in [0.3, 0.4) is 0 Å². The smallest absolute Gasteiger partial charge is 0.327 e. The van der Waals surface area contributed by atoms with Crippen molar-refractivity contribution in [1.29, 1.82) is 0 Å². The Balaban J connectivity index is 1.40. The van der Waals surface area contributed by atoms with Gasteiger partial charge in [0.1, 0.15) is 5.54 Å². The highest BCUT2D eigenvalue weighted by Gasteiger charge is 2.55. The lowest BCUT2D eigenvalue weighted by atomic mass is 9.86. The molecular weight excluding hydrogens is 348 g/mol. The maximum atomic E-state index is 12.5. The van der Waals surface area contributed by atoms with Gasteiger partial charge in [-0.15, -0.1) is 0 Å². The Hall–Kier alpha value is -2.84. The summed E-state index contributed by atoms with van der Waals surface area (Å²) in [7, 11) is 3.17. The molecule has 1 spiro atoms. The number of piperidine rings is 1. The van der Waals surface area contributed by atoms with Gasteiger partial charge in [0.25, 0.3) is 5.91 Å². The van der Waals surface area contributed by atoms with E-state index in [4.69, 9.17) is 0 Å². The molecule has 5 amide bonds. The Kier molecular flexibility index (Phi) is 5.48. The maximum Gasteiger partial charge on any atom is 0.327 e. The van der Waals surface area contributed by atoms with Crippen molar-refractivity contribution < 1.29 is 14.4 Å². The summed E-state index contributed by atoms with van der Waals surface area (Å²) in [5.41, 5.74) is 0.158. The van der Waals surface area contributed by atoms with E-state index in [0.29, 0.717) is 32.5 Å². The number of aromatic nitrogens is 1. The van der Waals surface area contributed by atoms with Crippen molar-refractivity contribution >= 4 is 23.7 Å². The second-order valence-corrected chi connectivity index (χ2v) is 6.98. The zero-order valence-corrected chi connectivity index (χ0v) is 15.8. The summed E-state index contributed by atoms with van der Waals surface area (Å²) in [5, 5.41) is 6.15.